The van der Waals surface area contributed by atoms with Crippen molar-refractivity contribution in [1.82, 2.24) is 24.9 Å². The molecule has 9 heteroatoms. The maximum atomic E-state index is 14.7. The minimum atomic E-state index is -3.50. The molecule has 166 valence electrons. The number of aromatic nitrogens is 5. The van der Waals surface area contributed by atoms with Crippen LogP contribution in [0.25, 0.3) is 0 Å². The lowest BCUT2D eigenvalue weighted by Crippen LogP contribution is -2.33. The highest BCUT2D eigenvalue weighted by Gasteiger charge is 2.37. The van der Waals surface area contributed by atoms with Crippen molar-refractivity contribution in [1.29, 1.82) is 0 Å². The highest BCUT2D eigenvalue weighted by atomic mass is 31.2. The highest BCUT2D eigenvalue weighted by Crippen LogP contribution is 2.43. The van der Waals surface area contributed by atoms with Gasteiger partial charge in [-0.2, -0.15) is 0 Å². The van der Waals surface area contributed by atoms with Gasteiger partial charge in [-0.05, 0) is 54.6 Å². The quantitative estimate of drug-likeness (QED) is 0.341. The topological polar surface area (TPSA) is 98.6 Å². The van der Waals surface area contributed by atoms with Gasteiger partial charge in [0.05, 0.1) is 0 Å². The van der Waals surface area contributed by atoms with Crippen LogP contribution in [0.3, 0.4) is 0 Å². The Kier molecular flexibility index (Phi) is 5.97. The van der Waals surface area contributed by atoms with Gasteiger partial charge in [-0.25, -0.2) is 0 Å². The van der Waals surface area contributed by atoms with Crippen LogP contribution in [0.15, 0.2) is 116 Å². The van der Waals surface area contributed by atoms with Gasteiger partial charge in [0, 0.05) is 47.8 Å². The molecule has 0 atom stereocenters. The predicted octanol–water partition coefficient (Wildman–Crippen LogP) is 1.94. The first-order valence-electron chi connectivity index (χ1n) is 10.5. The van der Waals surface area contributed by atoms with Crippen molar-refractivity contribution < 1.29 is 9.13 Å². The van der Waals surface area contributed by atoms with Gasteiger partial charge in [0.15, 0.2) is 0 Å². The third kappa shape index (κ3) is 3.79. The zero-order valence-corrected chi connectivity index (χ0v) is 19.7. The minimum Gasteiger partial charge on any atom is -0.305 e. The van der Waals surface area contributed by atoms with Crippen LogP contribution in [-0.4, -0.2) is 24.9 Å². The minimum absolute atomic E-state index is 0.373. The lowest BCUT2D eigenvalue weighted by atomic mass is 10.5. The van der Waals surface area contributed by atoms with Crippen LogP contribution in [0.4, 0.5) is 0 Å². The number of hydrogen-bond acceptors (Lipinski definition) is 7. The molecule has 5 aromatic rings. The average molecular weight is 483 g/mol. The van der Waals surface area contributed by atoms with Gasteiger partial charge in [-0.3, -0.25) is 24.9 Å². The molecule has 0 saturated heterocycles. The summed E-state index contributed by atoms with van der Waals surface area (Å²) in [4.78, 5) is 21.9. The van der Waals surface area contributed by atoms with Crippen molar-refractivity contribution in [2.45, 2.75) is 0 Å². The van der Waals surface area contributed by atoms with Crippen molar-refractivity contribution in [3.63, 3.8) is 0 Å². The van der Waals surface area contributed by atoms with E-state index in [1.165, 1.54) is 12.4 Å². The molecular weight excluding hydrogens is 464 g/mol. The molecular formula is C25H19N5O2P2. The fourth-order valence-corrected chi connectivity index (χ4v) is 8.52. The van der Waals surface area contributed by atoms with E-state index in [1.54, 1.807) is 104 Å². The van der Waals surface area contributed by atoms with E-state index in [-0.39, 0.29) is 0 Å². The molecule has 0 aliphatic rings. The number of rotatable bonds is 6. The van der Waals surface area contributed by atoms with Crippen LogP contribution >= 0.6 is 14.3 Å². The molecule has 5 heterocycles. The van der Waals surface area contributed by atoms with Crippen molar-refractivity contribution in [2.75, 3.05) is 0 Å². The third-order valence-electron chi connectivity index (χ3n) is 5.32. The first-order chi connectivity index (χ1) is 16.6. The smallest absolute Gasteiger partial charge is 0.207 e. The normalized spacial score (nSPS) is 11.8. The molecule has 0 bridgehead atoms. The Hall–Kier alpha value is -3.79. The van der Waals surface area contributed by atoms with Gasteiger partial charge in [0.25, 0.3) is 0 Å². The second-order valence-electron chi connectivity index (χ2n) is 7.37. The summed E-state index contributed by atoms with van der Waals surface area (Å²) in [6.07, 6.45) is 9.41. The fraction of sp³-hybridized carbons (Fsp3) is 0. The summed E-state index contributed by atoms with van der Waals surface area (Å²) in [5, 5.41) is 0.768. The second kappa shape index (κ2) is 9.22. The molecule has 5 aromatic heterocycles. The molecule has 34 heavy (non-hydrogen) atoms. The van der Waals surface area contributed by atoms with E-state index in [0.717, 1.165) is 0 Å². The van der Waals surface area contributed by atoms with Crippen molar-refractivity contribution in [3.05, 3.63) is 116 Å². The zero-order valence-electron chi connectivity index (χ0n) is 17.9. The summed E-state index contributed by atoms with van der Waals surface area (Å²) in [7, 11) is -7.01. The molecule has 0 radical (unpaired) electrons. The molecule has 0 aliphatic carbocycles. The van der Waals surface area contributed by atoms with Crippen LogP contribution in [0.1, 0.15) is 0 Å². The third-order valence-corrected chi connectivity index (χ3v) is 10.9. The van der Waals surface area contributed by atoms with Crippen LogP contribution in [-0.2, 0) is 9.13 Å². The van der Waals surface area contributed by atoms with E-state index >= 15 is 0 Å². The van der Waals surface area contributed by atoms with Gasteiger partial charge < -0.3 is 9.13 Å². The van der Waals surface area contributed by atoms with E-state index < -0.39 is 14.3 Å². The standard InChI is InChI=1S/C25H19N5O2P2/c31-33(22-9-1-5-13-27-22,23-10-2-6-14-28-23)20-17-21(19-26-18-20)34(32,24-11-3-7-15-29-24)25-12-4-8-16-30-25/h1-19H. The number of pyridine rings is 5. The number of hydrogen-bond donors (Lipinski definition) is 0. The van der Waals surface area contributed by atoms with Gasteiger partial charge in [-0.1, -0.05) is 24.3 Å². The highest BCUT2D eigenvalue weighted by molar-refractivity contribution is 7.86. The summed E-state index contributed by atoms with van der Waals surface area (Å²) in [6, 6.07) is 22.7. The van der Waals surface area contributed by atoms with E-state index in [9.17, 15) is 9.13 Å². The molecule has 0 N–H and O–H groups in total. The summed E-state index contributed by atoms with van der Waals surface area (Å²) in [5.74, 6) is 0. The average Bonchev–Trinajstić information content (AvgIpc) is 2.94. The van der Waals surface area contributed by atoms with Crippen LogP contribution < -0.4 is 32.3 Å². The van der Waals surface area contributed by atoms with E-state index in [2.05, 4.69) is 24.9 Å². The molecule has 5 rings (SSSR count). The SMILES string of the molecule is O=P(c1cncc(P(=O)(c2ccccn2)c2ccccn2)c1)(c1ccccn1)c1ccccn1. The van der Waals surface area contributed by atoms with Gasteiger partial charge in [0.2, 0.25) is 14.3 Å². The first kappa shape index (κ1) is 22.0. The molecule has 0 aliphatic heterocycles. The monoisotopic (exact) mass is 483 g/mol. The van der Waals surface area contributed by atoms with Gasteiger partial charge >= 0.3 is 0 Å². The molecule has 0 fully saturated rings. The maximum Gasteiger partial charge on any atom is 0.207 e. The summed E-state index contributed by atoms with van der Waals surface area (Å²) in [6.45, 7) is 0. The summed E-state index contributed by atoms with van der Waals surface area (Å²) >= 11 is 0. The molecule has 7 nitrogen and oxygen atoms in total. The first-order valence-corrected chi connectivity index (χ1v) is 13.9. The Bertz CT molecular complexity index is 1300. The van der Waals surface area contributed by atoms with Crippen molar-refractivity contribution in [2.24, 2.45) is 0 Å². The summed E-state index contributed by atoms with van der Waals surface area (Å²) < 4.78 is 29.4. The molecule has 0 saturated carbocycles. The van der Waals surface area contributed by atoms with Crippen LogP contribution in [0.2, 0.25) is 0 Å². The van der Waals surface area contributed by atoms with E-state index in [0.29, 0.717) is 32.3 Å². The Labute approximate surface area is 196 Å². The van der Waals surface area contributed by atoms with Crippen LogP contribution in [0, 0.1) is 0 Å². The molecule has 0 aromatic carbocycles. The van der Waals surface area contributed by atoms with Crippen molar-refractivity contribution >= 4 is 46.6 Å². The summed E-state index contributed by atoms with van der Waals surface area (Å²) in [5.41, 5.74) is 1.49. The Morgan fingerprint density at radius 1 is 0.471 bits per heavy atom. The van der Waals surface area contributed by atoms with Crippen LogP contribution in [0.5, 0.6) is 0 Å². The molecule has 0 spiro atoms. The predicted molar refractivity (Wildman–Crippen MR) is 134 cm³/mol. The largest absolute Gasteiger partial charge is 0.305 e. The second-order valence-corrected chi connectivity index (χ2v) is 12.7. The fourth-order valence-electron chi connectivity index (χ4n) is 3.68. The zero-order chi connectivity index (χ0) is 23.4. The maximum absolute atomic E-state index is 14.7. The van der Waals surface area contributed by atoms with Crippen molar-refractivity contribution in [3.8, 4) is 0 Å². The lowest BCUT2D eigenvalue weighted by molar-refractivity contribution is 0.591. The lowest BCUT2D eigenvalue weighted by Gasteiger charge is -2.21. The number of nitrogens with zero attached hydrogens (tertiary/aromatic N) is 5. The Morgan fingerprint density at radius 2 is 0.794 bits per heavy atom. The van der Waals surface area contributed by atoms with Gasteiger partial charge in [0.1, 0.15) is 21.7 Å². The van der Waals surface area contributed by atoms with E-state index in [4.69, 9.17) is 0 Å². The molecule has 0 amide bonds. The Balaban J connectivity index is 1.76. The molecule has 0 unspecified atom stereocenters. The van der Waals surface area contributed by atoms with E-state index in [1.807, 2.05) is 0 Å². The van der Waals surface area contributed by atoms with Gasteiger partial charge in [-0.15, -0.1) is 0 Å². The Morgan fingerprint density at radius 3 is 1.06 bits per heavy atom.